The molecule has 1 amide bonds. The van der Waals surface area contributed by atoms with Crippen molar-refractivity contribution in [3.63, 3.8) is 0 Å². The Morgan fingerprint density at radius 1 is 0.630 bits per heavy atom. The van der Waals surface area contributed by atoms with Gasteiger partial charge in [-0.05, 0) is 48.9 Å². The fraction of sp³-hybridized carbons (Fsp3) is 0.488. The van der Waals surface area contributed by atoms with E-state index in [0.29, 0.717) is 106 Å². The van der Waals surface area contributed by atoms with Gasteiger partial charge >= 0.3 is 0 Å². The van der Waals surface area contributed by atoms with E-state index in [1.165, 1.54) is 27.7 Å². The maximum Gasteiger partial charge on any atom is 0.227 e. The second-order valence-electron chi connectivity index (χ2n) is 13.0. The molecular formula is C43H59N2O9+. The van der Waals surface area contributed by atoms with Crippen LogP contribution < -0.4 is 4.90 Å². The van der Waals surface area contributed by atoms with Crippen molar-refractivity contribution < 1.29 is 47.3 Å². The van der Waals surface area contributed by atoms with Crippen molar-refractivity contribution in [2.75, 3.05) is 118 Å². The Morgan fingerprint density at radius 3 is 1.67 bits per heavy atom. The van der Waals surface area contributed by atoms with Gasteiger partial charge in [0.2, 0.25) is 11.6 Å². The van der Waals surface area contributed by atoms with Gasteiger partial charge in [0.1, 0.15) is 6.61 Å². The van der Waals surface area contributed by atoms with Crippen LogP contribution in [-0.2, 0) is 48.1 Å². The summed E-state index contributed by atoms with van der Waals surface area (Å²) in [6.45, 7) is 14.6. The maximum atomic E-state index is 12.4. The summed E-state index contributed by atoms with van der Waals surface area (Å²) in [5.41, 5.74) is 4.24. The average molecular weight is 748 g/mol. The number of allylic oxidation sites excluding steroid dienone is 3. The van der Waals surface area contributed by atoms with E-state index in [1.807, 2.05) is 48.7 Å². The topological polar surface area (TPSA) is 97.2 Å². The van der Waals surface area contributed by atoms with Crippen LogP contribution in [0.25, 0.3) is 10.8 Å². The number of amides is 1. The highest BCUT2D eigenvalue weighted by molar-refractivity contribution is 6.07. The zero-order valence-corrected chi connectivity index (χ0v) is 32.5. The number of fused-ring (bicyclic) bond motifs is 3. The quantitative estimate of drug-likeness (QED) is 0.0496. The molecule has 1 aliphatic rings. The molecule has 11 heteroatoms. The number of carbonyl (C=O) groups excluding carboxylic acids is 1. The highest BCUT2D eigenvalue weighted by Gasteiger charge is 2.45. The minimum atomic E-state index is -0.252. The third kappa shape index (κ3) is 13.8. The maximum absolute atomic E-state index is 12.4. The summed E-state index contributed by atoms with van der Waals surface area (Å²) < 4.78 is 46.4. The highest BCUT2D eigenvalue weighted by atomic mass is 16.6. The Kier molecular flexibility index (Phi) is 19.6. The lowest BCUT2D eigenvalue weighted by Gasteiger charge is -2.17. The predicted molar refractivity (Wildman–Crippen MR) is 212 cm³/mol. The van der Waals surface area contributed by atoms with Crippen molar-refractivity contribution in [3.8, 4) is 0 Å². The molecule has 0 saturated carbocycles. The first-order valence-corrected chi connectivity index (χ1v) is 18.8. The minimum Gasteiger partial charge on any atom is -0.382 e. The molecule has 1 aliphatic heterocycles. The van der Waals surface area contributed by atoms with Crippen LogP contribution in [0.2, 0.25) is 0 Å². The van der Waals surface area contributed by atoms with Gasteiger partial charge in [0, 0.05) is 43.6 Å². The molecule has 4 rings (SSSR count). The summed E-state index contributed by atoms with van der Waals surface area (Å²) in [6.07, 6.45) is 7.89. The van der Waals surface area contributed by atoms with E-state index >= 15 is 0 Å². The number of anilines is 1. The van der Waals surface area contributed by atoms with Gasteiger partial charge in [-0.2, -0.15) is 4.58 Å². The molecule has 294 valence electrons. The molecule has 1 heterocycles. The van der Waals surface area contributed by atoms with E-state index < -0.39 is 0 Å². The molecule has 11 nitrogen and oxygen atoms in total. The monoisotopic (exact) mass is 747 g/mol. The van der Waals surface area contributed by atoms with Crippen LogP contribution in [0.3, 0.4) is 0 Å². The van der Waals surface area contributed by atoms with Crippen molar-refractivity contribution in [1.82, 2.24) is 0 Å². The normalized spacial score (nSPS) is 13.9. The van der Waals surface area contributed by atoms with Crippen molar-refractivity contribution in [2.45, 2.75) is 26.2 Å². The average Bonchev–Trinajstić information content (AvgIpc) is 3.40. The number of nitrogens with zero attached hydrogens (tertiary/aromatic N) is 2. The minimum absolute atomic E-state index is 0.0493. The lowest BCUT2D eigenvalue weighted by atomic mass is 9.79. The van der Waals surface area contributed by atoms with Crippen LogP contribution in [0.5, 0.6) is 0 Å². The van der Waals surface area contributed by atoms with Crippen LogP contribution in [0.15, 0.2) is 91.2 Å². The molecule has 3 aromatic carbocycles. The Hall–Kier alpha value is -3.78. The van der Waals surface area contributed by atoms with Crippen LogP contribution in [0.1, 0.15) is 26.3 Å². The molecule has 0 N–H and O–H groups in total. The predicted octanol–water partition coefficient (Wildman–Crippen LogP) is 6.10. The molecular weight excluding hydrogens is 688 g/mol. The zero-order chi connectivity index (χ0) is 38.3. The molecule has 0 fully saturated rings. The fourth-order valence-electron chi connectivity index (χ4n) is 6.24. The number of hydrogen-bond acceptors (Lipinski definition) is 9. The first-order valence-electron chi connectivity index (χ1n) is 18.8. The smallest absolute Gasteiger partial charge is 0.227 e. The summed E-state index contributed by atoms with van der Waals surface area (Å²) >= 11 is 0. The van der Waals surface area contributed by atoms with Crippen LogP contribution >= 0.6 is 0 Å². The number of methoxy groups -OCH3 is 1. The Morgan fingerprint density at radius 2 is 1.13 bits per heavy atom. The second kappa shape index (κ2) is 24.6. The largest absolute Gasteiger partial charge is 0.382 e. The Balaban J connectivity index is 1.14. The third-order valence-electron chi connectivity index (χ3n) is 8.85. The molecule has 0 bridgehead atoms. The lowest BCUT2D eigenvalue weighted by Crippen LogP contribution is -2.29. The van der Waals surface area contributed by atoms with Crippen molar-refractivity contribution in [3.05, 3.63) is 96.7 Å². The van der Waals surface area contributed by atoms with E-state index in [1.54, 1.807) is 18.9 Å². The molecule has 54 heavy (non-hydrogen) atoms. The summed E-state index contributed by atoms with van der Waals surface area (Å²) in [4.78, 5) is 14.0. The van der Waals surface area contributed by atoms with Crippen LogP contribution in [-0.4, -0.2) is 129 Å². The number of benzene rings is 3. The number of para-hydroxylation sites is 1. The summed E-state index contributed by atoms with van der Waals surface area (Å²) in [6, 6.07) is 22.6. The zero-order valence-electron chi connectivity index (χ0n) is 32.5. The van der Waals surface area contributed by atoms with E-state index in [2.05, 4.69) is 60.9 Å². The van der Waals surface area contributed by atoms with Gasteiger partial charge in [-0.3, -0.25) is 9.69 Å². The van der Waals surface area contributed by atoms with Gasteiger partial charge in [0.25, 0.3) is 0 Å². The van der Waals surface area contributed by atoms with Crippen LogP contribution in [0, 0.1) is 0 Å². The summed E-state index contributed by atoms with van der Waals surface area (Å²) in [5.74, 6) is -0.0493. The number of ether oxygens (including phenoxy) is 8. The van der Waals surface area contributed by atoms with E-state index in [9.17, 15) is 4.79 Å². The van der Waals surface area contributed by atoms with Gasteiger partial charge in [-0.1, -0.05) is 48.5 Å². The molecule has 0 aromatic heterocycles. The first-order chi connectivity index (χ1) is 26.4. The van der Waals surface area contributed by atoms with Crippen molar-refractivity contribution in [1.29, 1.82) is 0 Å². The molecule has 0 radical (unpaired) electrons. The molecule has 0 atom stereocenters. The molecule has 3 aromatic rings. The second-order valence-corrected chi connectivity index (χ2v) is 13.0. The van der Waals surface area contributed by atoms with Gasteiger partial charge in [-0.25, -0.2) is 0 Å². The Bertz CT molecular complexity index is 1620. The van der Waals surface area contributed by atoms with E-state index in [4.69, 9.17) is 37.9 Å². The van der Waals surface area contributed by atoms with E-state index in [-0.39, 0.29) is 11.3 Å². The Labute approximate surface area is 321 Å². The van der Waals surface area contributed by atoms with Crippen LogP contribution in [0.4, 0.5) is 11.4 Å². The molecule has 0 aliphatic carbocycles. The number of rotatable bonds is 28. The molecule has 0 unspecified atom stereocenters. The third-order valence-corrected chi connectivity index (χ3v) is 8.85. The molecule has 0 saturated heterocycles. The SMILES string of the molecule is COCCOCCOCCOCCOCCOCCOCCOCC[N+]1=C(/C=C/C=C/N(C(C)=O)c2ccccc2)C(C)(C)c2c1ccc1ccccc21. The van der Waals surface area contributed by atoms with E-state index in [0.717, 1.165) is 5.69 Å². The number of hydrogen-bond donors (Lipinski definition) is 0. The number of carbonyl (C=O) groups is 1. The van der Waals surface area contributed by atoms with Gasteiger partial charge in [0.15, 0.2) is 12.3 Å². The fourth-order valence-corrected chi connectivity index (χ4v) is 6.24. The van der Waals surface area contributed by atoms with Crippen molar-refractivity contribution >= 4 is 33.8 Å². The summed E-state index contributed by atoms with van der Waals surface area (Å²) in [5, 5.41) is 2.47. The van der Waals surface area contributed by atoms with Gasteiger partial charge in [0.05, 0.1) is 97.9 Å². The molecule has 0 spiro atoms. The standard InChI is InChI=1S/C43H59N2O9/c1-36(46)44(38-13-6-5-7-14-38)19-11-10-16-41-43(2,3)42-39-15-9-8-12-37(39)17-18-40(42)45(41)20-21-48-24-25-50-28-29-52-32-33-54-35-34-53-31-30-51-27-26-49-23-22-47-4/h5-19H,20-35H2,1-4H3/q+1. The first kappa shape index (κ1) is 43.0. The van der Waals surface area contributed by atoms with Crippen molar-refractivity contribution in [2.24, 2.45) is 0 Å². The van der Waals surface area contributed by atoms with Gasteiger partial charge < -0.3 is 37.9 Å². The highest BCUT2D eigenvalue weighted by Crippen LogP contribution is 2.44. The van der Waals surface area contributed by atoms with Gasteiger partial charge in [-0.15, -0.1) is 0 Å². The lowest BCUT2D eigenvalue weighted by molar-refractivity contribution is -0.442. The summed E-state index contributed by atoms with van der Waals surface area (Å²) in [7, 11) is 1.65.